The number of aliphatic carboxylic acids is 1. The lowest BCUT2D eigenvalue weighted by Gasteiger charge is -2.15. The predicted molar refractivity (Wildman–Crippen MR) is 98.3 cm³/mol. The molecule has 0 bridgehead atoms. The van der Waals surface area contributed by atoms with Crippen LogP contribution in [0.2, 0.25) is 10.0 Å². The molecule has 0 aliphatic carbocycles. The van der Waals surface area contributed by atoms with E-state index >= 15 is 0 Å². The number of rotatable bonds is 4. The van der Waals surface area contributed by atoms with Gasteiger partial charge in [0.15, 0.2) is 0 Å². The molecule has 3 N–H and O–H groups in total. The fraction of sp³-hybridized carbons (Fsp3) is 0.188. The van der Waals surface area contributed by atoms with Crippen LogP contribution in [0.15, 0.2) is 44.4 Å². The minimum atomic E-state index is -1.06. The lowest BCUT2D eigenvalue weighted by atomic mass is 10.0. The van der Waals surface area contributed by atoms with Gasteiger partial charge in [0.05, 0.1) is 10.7 Å². The number of aliphatic imine (C=N–C) groups is 1. The van der Waals surface area contributed by atoms with Crippen LogP contribution in [0, 0.1) is 0 Å². The van der Waals surface area contributed by atoms with Gasteiger partial charge < -0.3 is 10.9 Å². The largest absolute Gasteiger partial charge is 0.480 e. The maximum Gasteiger partial charge on any atom is 0.326 e. The van der Waals surface area contributed by atoms with E-state index in [0.29, 0.717) is 45.4 Å². The van der Waals surface area contributed by atoms with Crippen molar-refractivity contribution in [3.05, 3.63) is 50.4 Å². The van der Waals surface area contributed by atoms with Crippen LogP contribution in [-0.2, 0) is 11.2 Å². The van der Waals surface area contributed by atoms with Crippen molar-refractivity contribution >= 4 is 41.2 Å². The lowest BCUT2D eigenvalue weighted by molar-refractivity contribution is -0.140. The first-order chi connectivity index (χ1) is 12.4. The zero-order valence-electron chi connectivity index (χ0n) is 13.3. The third-order valence-electron chi connectivity index (χ3n) is 4.10. The maximum atomic E-state index is 12.5. The number of nitrogens with two attached hydrogens (primary N) is 1. The van der Waals surface area contributed by atoms with E-state index in [0.717, 1.165) is 6.34 Å². The molecule has 0 radical (unpaired) electrons. The second kappa shape index (κ2) is 7.27. The Bertz CT molecular complexity index is 1000. The van der Waals surface area contributed by atoms with E-state index in [1.165, 1.54) is 10.6 Å². The van der Waals surface area contributed by atoms with Crippen LogP contribution in [0.5, 0.6) is 0 Å². The highest BCUT2D eigenvalue weighted by molar-refractivity contribution is 6.34. The minimum absolute atomic E-state index is 0.299. The van der Waals surface area contributed by atoms with Gasteiger partial charge in [-0.25, -0.2) is 9.79 Å². The fourth-order valence-electron chi connectivity index (χ4n) is 3.01. The molecule has 0 saturated carbocycles. The number of aromatic nitrogens is 1. The standard InChI is InChI=1S/C16H13Cl2N5O3/c17-8-1-2-11(20-7-21-22-19)9(5-8)10-6-14(24)23-12(15(10)18)3-4-13(23)16(25)26/h1-2,5-7,13H,3-4H2,(H,25,26)(H2,19,20,21)/t13-/m0/s1. The molecular weight excluding hydrogens is 381 g/mol. The molecule has 10 heteroatoms. The van der Waals surface area contributed by atoms with Gasteiger partial charge in [0, 0.05) is 27.9 Å². The molecule has 0 spiro atoms. The van der Waals surface area contributed by atoms with E-state index in [9.17, 15) is 14.7 Å². The molecule has 3 rings (SSSR count). The molecular formula is C16H13Cl2N5O3. The predicted octanol–water partition coefficient (Wildman–Crippen LogP) is 3.38. The summed E-state index contributed by atoms with van der Waals surface area (Å²) in [7, 11) is 0. The summed E-state index contributed by atoms with van der Waals surface area (Å²) in [5, 5.41) is 16.6. The number of nitrogens with zero attached hydrogens (tertiary/aromatic N) is 4. The first kappa shape index (κ1) is 18.1. The number of hydrogen-bond acceptors (Lipinski definition) is 4. The van der Waals surface area contributed by atoms with Gasteiger partial charge in [-0.15, -0.1) is 5.11 Å². The highest BCUT2D eigenvalue weighted by atomic mass is 35.5. The molecule has 1 aliphatic heterocycles. The average molecular weight is 394 g/mol. The smallest absolute Gasteiger partial charge is 0.326 e. The second-order valence-corrected chi connectivity index (χ2v) is 6.37. The molecule has 0 unspecified atom stereocenters. The monoisotopic (exact) mass is 393 g/mol. The first-order valence-electron chi connectivity index (χ1n) is 7.53. The third-order valence-corrected chi connectivity index (χ3v) is 4.76. The van der Waals surface area contributed by atoms with Crippen molar-refractivity contribution in [3.63, 3.8) is 0 Å². The highest BCUT2D eigenvalue weighted by Crippen LogP contribution is 2.40. The van der Waals surface area contributed by atoms with Crippen LogP contribution in [0.4, 0.5) is 5.69 Å². The molecule has 1 aromatic carbocycles. The Balaban J connectivity index is 2.21. The van der Waals surface area contributed by atoms with Crippen molar-refractivity contribution in [2.75, 3.05) is 0 Å². The van der Waals surface area contributed by atoms with E-state index < -0.39 is 17.6 Å². The molecule has 2 heterocycles. The number of carbonyl (C=O) groups is 1. The lowest BCUT2D eigenvalue weighted by Crippen LogP contribution is -2.27. The number of carboxylic acids is 1. The summed E-state index contributed by atoms with van der Waals surface area (Å²) in [6, 6.07) is 5.27. The van der Waals surface area contributed by atoms with Crippen LogP contribution in [0.1, 0.15) is 18.2 Å². The van der Waals surface area contributed by atoms with Crippen LogP contribution < -0.4 is 11.4 Å². The quantitative estimate of drug-likeness (QED) is 0.271. The zero-order chi connectivity index (χ0) is 18.8. The Morgan fingerprint density at radius 2 is 2.08 bits per heavy atom. The number of fused-ring (bicyclic) bond motifs is 1. The molecule has 0 fully saturated rings. The number of benzene rings is 1. The topological polar surface area (TPSA) is 122 Å². The Labute approximate surface area is 157 Å². The molecule has 0 amide bonds. The van der Waals surface area contributed by atoms with Gasteiger partial charge in [-0.3, -0.25) is 9.36 Å². The second-order valence-electron chi connectivity index (χ2n) is 5.56. The summed E-state index contributed by atoms with van der Waals surface area (Å²) in [6.45, 7) is 0. The number of pyridine rings is 1. The van der Waals surface area contributed by atoms with Gasteiger partial charge in [-0.05, 0) is 31.0 Å². The van der Waals surface area contributed by atoms with Crippen molar-refractivity contribution in [3.8, 4) is 11.1 Å². The summed E-state index contributed by atoms with van der Waals surface area (Å²) in [4.78, 5) is 28.0. The summed E-state index contributed by atoms with van der Waals surface area (Å²) < 4.78 is 1.23. The van der Waals surface area contributed by atoms with Crippen LogP contribution in [0.25, 0.3) is 11.1 Å². The van der Waals surface area contributed by atoms with Gasteiger partial charge >= 0.3 is 5.97 Å². The summed E-state index contributed by atoms with van der Waals surface area (Å²) in [6.07, 6.45) is 1.85. The van der Waals surface area contributed by atoms with Crippen molar-refractivity contribution in [2.45, 2.75) is 18.9 Å². The van der Waals surface area contributed by atoms with Gasteiger partial charge in [-0.1, -0.05) is 28.4 Å². The maximum absolute atomic E-state index is 12.5. The summed E-state index contributed by atoms with van der Waals surface area (Å²) in [5.74, 6) is 3.88. The molecule has 2 aromatic rings. The third kappa shape index (κ3) is 3.21. The zero-order valence-corrected chi connectivity index (χ0v) is 14.8. The summed E-state index contributed by atoms with van der Waals surface area (Å²) in [5.41, 5.74) is 1.44. The Morgan fingerprint density at radius 3 is 2.77 bits per heavy atom. The molecule has 8 nitrogen and oxygen atoms in total. The Hall–Kier alpha value is -2.71. The number of hydrogen-bond donors (Lipinski definition) is 2. The normalized spacial score (nSPS) is 16.5. The molecule has 0 saturated heterocycles. The van der Waals surface area contributed by atoms with E-state index in [1.54, 1.807) is 18.2 Å². The molecule has 1 aliphatic rings. The van der Waals surface area contributed by atoms with Crippen molar-refractivity contribution < 1.29 is 9.90 Å². The van der Waals surface area contributed by atoms with E-state index in [1.807, 2.05) is 0 Å². The van der Waals surface area contributed by atoms with Crippen LogP contribution in [0.3, 0.4) is 0 Å². The van der Waals surface area contributed by atoms with Gasteiger partial charge in [-0.2, -0.15) is 0 Å². The highest BCUT2D eigenvalue weighted by Gasteiger charge is 2.32. The molecule has 1 aromatic heterocycles. The number of carboxylic acid groups (broad SMARTS) is 1. The SMILES string of the molecule is NN=NC=Nc1ccc(Cl)cc1-c1cc(=O)n2c(c1Cl)CC[C@H]2C(=O)O. The average Bonchev–Trinajstić information content (AvgIpc) is 3.06. The molecule has 1 atom stereocenters. The minimum Gasteiger partial charge on any atom is -0.480 e. The first-order valence-corrected chi connectivity index (χ1v) is 8.29. The summed E-state index contributed by atoms with van der Waals surface area (Å²) >= 11 is 12.6. The van der Waals surface area contributed by atoms with Gasteiger partial charge in [0.2, 0.25) is 0 Å². The van der Waals surface area contributed by atoms with Gasteiger partial charge in [0.1, 0.15) is 12.4 Å². The van der Waals surface area contributed by atoms with Crippen LogP contribution >= 0.6 is 23.2 Å². The molecule has 26 heavy (non-hydrogen) atoms. The van der Waals surface area contributed by atoms with E-state index in [4.69, 9.17) is 29.0 Å². The fourth-order valence-corrected chi connectivity index (χ4v) is 3.52. The Morgan fingerprint density at radius 1 is 1.31 bits per heavy atom. The van der Waals surface area contributed by atoms with E-state index in [2.05, 4.69) is 15.3 Å². The van der Waals surface area contributed by atoms with Crippen molar-refractivity contribution in [1.29, 1.82) is 0 Å². The molecule has 134 valence electrons. The Kier molecular flexibility index (Phi) is 5.06. The van der Waals surface area contributed by atoms with Gasteiger partial charge in [0.25, 0.3) is 5.56 Å². The van der Waals surface area contributed by atoms with Crippen molar-refractivity contribution in [1.82, 2.24) is 4.57 Å². The van der Waals surface area contributed by atoms with E-state index in [-0.39, 0.29) is 0 Å². The number of halogens is 2. The van der Waals surface area contributed by atoms with Crippen LogP contribution in [-0.4, -0.2) is 22.0 Å². The van der Waals surface area contributed by atoms with Crippen molar-refractivity contribution in [2.24, 2.45) is 21.2 Å².